The summed E-state index contributed by atoms with van der Waals surface area (Å²) < 4.78 is 38.1. The molecule has 9 heteroatoms. The molecule has 0 aliphatic heterocycles. The minimum Gasteiger partial charge on any atom is -0.480 e. The molecule has 0 fully saturated rings. The van der Waals surface area contributed by atoms with Gasteiger partial charge in [-0.15, -0.1) is 0 Å². The fraction of sp³-hybridized carbons (Fsp3) is 0.364. The second-order valence-corrected chi connectivity index (χ2v) is 6.33. The van der Waals surface area contributed by atoms with Gasteiger partial charge in [0.15, 0.2) is 12.5 Å². The predicted octanol–water partition coefficient (Wildman–Crippen LogP) is 2.58. The van der Waals surface area contributed by atoms with Crippen molar-refractivity contribution in [3.8, 4) is 5.75 Å². The average Bonchev–Trinajstić information content (AvgIpc) is 2.37. The third-order valence-corrected chi connectivity index (χ3v) is 4.11. The van der Waals surface area contributed by atoms with E-state index in [1.54, 1.807) is 0 Å². The molecule has 0 saturated carbocycles. The average molecular weight is 327 g/mol. The van der Waals surface area contributed by atoms with E-state index in [-0.39, 0.29) is 10.8 Å². The molecule has 0 aromatic heterocycles. The van der Waals surface area contributed by atoms with Crippen LogP contribution in [0.15, 0.2) is 18.2 Å². The van der Waals surface area contributed by atoms with Crippen LogP contribution in [0.2, 0.25) is 5.02 Å². The van der Waals surface area contributed by atoms with Crippen molar-refractivity contribution in [1.29, 1.82) is 0 Å². The molecule has 0 amide bonds. The molecule has 6 nitrogen and oxygen atoms in total. The van der Waals surface area contributed by atoms with Crippen LogP contribution in [0.5, 0.6) is 5.75 Å². The molecule has 1 aromatic rings. The van der Waals surface area contributed by atoms with E-state index in [0.717, 1.165) is 19.2 Å². The zero-order valence-electron chi connectivity index (χ0n) is 10.7. The molecule has 0 saturated heterocycles. The maximum atomic E-state index is 12.8. The van der Waals surface area contributed by atoms with Gasteiger partial charge in [-0.05, 0) is 25.1 Å². The van der Waals surface area contributed by atoms with E-state index in [9.17, 15) is 18.6 Å². The van der Waals surface area contributed by atoms with E-state index in [4.69, 9.17) is 16.3 Å². The zero-order chi connectivity index (χ0) is 15.3. The molecule has 0 radical (unpaired) electrons. The molecule has 0 heterocycles. The molecule has 20 heavy (non-hydrogen) atoms. The molecular formula is C11H13ClFO6P. The maximum absolute atomic E-state index is 12.8. The lowest BCUT2D eigenvalue weighted by atomic mass is 10.3. The van der Waals surface area contributed by atoms with Crippen LogP contribution in [0.4, 0.5) is 4.39 Å². The van der Waals surface area contributed by atoms with Gasteiger partial charge in [0, 0.05) is 7.11 Å². The van der Waals surface area contributed by atoms with Gasteiger partial charge in [-0.3, -0.25) is 4.57 Å². The molecule has 2 atom stereocenters. The minimum absolute atomic E-state index is 0.00410. The molecular weight excluding hydrogens is 314 g/mol. The monoisotopic (exact) mass is 326 g/mol. The van der Waals surface area contributed by atoms with Crippen LogP contribution < -0.4 is 4.74 Å². The summed E-state index contributed by atoms with van der Waals surface area (Å²) in [5, 5.41) is -0.00410. The topological polar surface area (TPSA) is 82.1 Å². The van der Waals surface area contributed by atoms with Crippen LogP contribution in [0.25, 0.3) is 0 Å². The van der Waals surface area contributed by atoms with Gasteiger partial charge in [0.1, 0.15) is 11.6 Å². The van der Waals surface area contributed by atoms with Gasteiger partial charge in [-0.25, -0.2) is 9.18 Å². The van der Waals surface area contributed by atoms with Crippen LogP contribution in [0, 0.1) is 5.82 Å². The van der Waals surface area contributed by atoms with Crippen molar-refractivity contribution in [3.63, 3.8) is 0 Å². The summed E-state index contributed by atoms with van der Waals surface area (Å²) in [6.07, 6.45) is 0. The summed E-state index contributed by atoms with van der Waals surface area (Å²) in [6.45, 7) is 0.673. The number of esters is 1. The summed E-state index contributed by atoms with van der Waals surface area (Å²) in [6, 6.07) is 3.39. The smallest absolute Gasteiger partial charge is 0.367 e. The first-order valence-corrected chi connectivity index (χ1v) is 7.44. The Morgan fingerprint density at radius 1 is 1.55 bits per heavy atom. The van der Waals surface area contributed by atoms with Gasteiger partial charge in [-0.2, -0.15) is 0 Å². The van der Waals surface area contributed by atoms with Crippen LogP contribution in [0.3, 0.4) is 0 Å². The third kappa shape index (κ3) is 4.76. The van der Waals surface area contributed by atoms with Crippen LogP contribution >= 0.6 is 19.2 Å². The molecule has 0 spiro atoms. The van der Waals surface area contributed by atoms with E-state index >= 15 is 0 Å². The van der Waals surface area contributed by atoms with Crippen LogP contribution in [0.1, 0.15) is 6.92 Å². The van der Waals surface area contributed by atoms with E-state index < -0.39 is 31.8 Å². The molecule has 0 aliphatic carbocycles. The number of benzene rings is 1. The largest absolute Gasteiger partial charge is 0.480 e. The highest BCUT2D eigenvalue weighted by molar-refractivity contribution is 7.53. The summed E-state index contributed by atoms with van der Waals surface area (Å²) >= 11 is 5.69. The summed E-state index contributed by atoms with van der Waals surface area (Å²) in [7, 11) is -2.98. The van der Waals surface area contributed by atoms with Crippen molar-refractivity contribution in [2.75, 3.05) is 13.7 Å². The minimum atomic E-state index is -4.00. The van der Waals surface area contributed by atoms with E-state index in [1.807, 2.05) is 0 Å². The molecule has 0 aliphatic rings. The molecule has 1 N–H and O–H groups in total. The first-order chi connectivity index (χ1) is 9.26. The van der Waals surface area contributed by atoms with E-state index in [0.29, 0.717) is 0 Å². The maximum Gasteiger partial charge on any atom is 0.367 e. The number of carbonyl (C=O) groups excluding carboxylic acids is 1. The quantitative estimate of drug-likeness (QED) is 0.639. The number of ether oxygens (including phenoxy) is 2. The van der Waals surface area contributed by atoms with Gasteiger partial charge in [0.05, 0.1) is 5.02 Å². The van der Waals surface area contributed by atoms with Gasteiger partial charge < -0.3 is 18.9 Å². The normalized spacial score (nSPS) is 15.2. The lowest BCUT2D eigenvalue weighted by Crippen LogP contribution is -2.21. The number of rotatable bonds is 6. The number of carbonyl (C=O) groups is 1. The Kier molecular flexibility index (Phi) is 5.95. The van der Waals surface area contributed by atoms with Crippen LogP contribution in [-0.2, 0) is 18.6 Å². The Bertz CT molecular complexity index is 538. The highest BCUT2D eigenvalue weighted by Gasteiger charge is 2.30. The molecule has 1 aromatic carbocycles. The van der Waals surface area contributed by atoms with Gasteiger partial charge in [0.25, 0.3) is 0 Å². The van der Waals surface area contributed by atoms with E-state index in [1.165, 1.54) is 13.0 Å². The van der Waals surface area contributed by atoms with Crippen molar-refractivity contribution in [1.82, 2.24) is 0 Å². The zero-order valence-corrected chi connectivity index (χ0v) is 12.4. The van der Waals surface area contributed by atoms with Crippen molar-refractivity contribution in [3.05, 3.63) is 29.0 Å². The van der Waals surface area contributed by atoms with Gasteiger partial charge >= 0.3 is 13.6 Å². The predicted molar refractivity (Wildman–Crippen MR) is 69.3 cm³/mol. The molecule has 0 bridgehead atoms. The fourth-order valence-electron chi connectivity index (χ4n) is 1.17. The SMILES string of the molecule is COP(=O)(O)C(C)OC(=O)COc1ccc(F)cc1Cl. The fourth-order valence-corrected chi connectivity index (χ4v) is 1.94. The summed E-state index contributed by atoms with van der Waals surface area (Å²) in [5.74, 6) is -2.66. The van der Waals surface area contributed by atoms with Crippen molar-refractivity contribution in [2.45, 2.75) is 12.8 Å². The number of hydrogen-bond acceptors (Lipinski definition) is 5. The van der Waals surface area contributed by atoms with Crippen molar-refractivity contribution >= 4 is 25.2 Å². The Labute approximate surface area is 119 Å². The lowest BCUT2D eigenvalue weighted by molar-refractivity contribution is -0.148. The lowest BCUT2D eigenvalue weighted by Gasteiger charge is -2.17. The Morgan fingerprint density at radius 2 is 2.20 bits per heavy atom. The number of halogens is 2. The summed E-state index contributed by atoms with van der Waals surface area (Å²) in [4.78, 5) is 20.7. The number of hydrogen-bond donors (Lipinski definition) is 1. The van der Waals surface area contributed by atoms with E-state index in [2.05, 4.69) is 9.26 Å². The molecule has 1 rings (SSSR count). The van der Waals surface area contributed by atoms with Gasteiger partial charge in [0.2, 0.25) is 0 Å². The Hall–Kier alpha value is -1.14. The second-order valence-electron chi connectivity index (χ2n) is 3.70. The highest BCUT2D eigenvalue weighted by atomic mass is 35.5. The Balaban J connectivity index is 2.54. The molecule has 2 unspecified atom stereocenters. The van der Waals surface area contributed by atoms with Crippen molar-refractivity contribution < 1.29 is 32.6 Å². The third-order valence-electron chi connectivity index (χ3n) is 2.26. The summed E-state index contributed by atoms with van der Waals surface area (Å²) in [5.41, 5.74) is 0. The Morgan fingerprint density at radius 3 is 2.75 bits per heavy atom. The highest BCUT2D eigenvalue weighted by Crippen LogP contribution is 2.46. The molecule has 112 valence electrons. The van der Waals surface area contributed by atoms with Gasteiger partial charge in [-0.1, -0.05) is 11.6 Å². The van der Waals surface area contributed by atoms with Crippen molar-refractivity contribution in [2.24, 2.45) is 0 Å². The standard InChI is InChI=1S/C11H13ClFO6P/c1-7(20(15,16)17-2)19-11(14)6-18-10-4-3-8(13)5-9(10)12/h3-5,7H,6H2,1-2H3,(H,15,16). The first-order valence-electron chi connectivity index (χ1n) is 5.42. The first kappa shape index (κ1) is 16.9. The van der Waals surface area contributed by atoms with Crippen LogP contribution in [-0.4, -0.2) is 30.4 Å². The second kappa shape index (κ2) is 7.04.